The highest BCUT2D eigenvalue weighted by molar-refractivity contribution is 5.92. The molecule has 1 aliphatic heterocycles. The molecule has 1 aliphatic rings. The minimum atomic E-state index is -0.309. The quantitative estimate of drug-likeness (QED) is 0.932. The minimum Gasteiger partial charge on any atom is -0.393 e. The summed E-state index contributed by atoms with van der Waals surface area (Å²) in [5.74, 6) is 0.190. The summed E-state index contributed by atoms with van der Waals surface area (Å²) in [4.78, 5) is 15.7. The molecule has 6 nitrogen and oxygen atoms in total. The highest BCUT2D eigenvalue weighted by atomic mass is 16.3. The highest BCUT2D eigenvalue weighted by Gasteiger charge is 2.27. The van der Waals surface area contributed by atoms with E-state index in [0.29, 0.717) is 18.8 Å². The van der Waals surface area contributed by atoms with Crippen LogP contribution in [0.4, 0.5) is 0 Å². The van der Waals surface area contributed by atoms with Crippen LogP contribution in [0.25, 0.3) is 5.69 Å². The number of aliphatic hydroxyl groups is 1. The van der Waals surface area contributed by atoms with E-state index in [-0.39, 0.29) is 17.9 Å². The SMILES string of the molecule is CC(O)C1CCN(C(=O)c2cnn(-c3ccccc3)n2)CC1. The van der Waals surface area contributed by atoms with Gasteiger partial charge in [-0.15, -0.1) is 5.10 Å². The van der Waals surface area contributed by atoms with E-state index in [2.05, 4.69) is 10.2 Å². The van der Waals surface area contributed by atoms with Gasteiger partial charge >= 0.3 is 0 Å². The van der Waals surface area contributed by atoms with Gasteiger partial charge in [0.05, 0.1) is 18.0 Å². The first-order valence-corrected chi connectivity index (χ1v) is 7.60. The molecule has 22 heavy (non-hydrogen) atoms. The topological polar surface area (TPSA) is 71.2 Å². The highest BCUT2D eigenvalue weighted by Crippen LogP contribution is 2.21. The van der Waals surface area contributed by atoms with Gasteiger partial charge in [-0.3, -0.25) is 4.79 Å². The molecule has 116 valence electrons. The Hall–Kier alpha value is -2.21. The average Bonchev–Trinajstić information content (AvgIpc) is 3.05. The molecule has 1 unspecified atom stereocenters. The number of aliphatic hydroxyl groups excluding tert-OH is 1. The van der Waals surface area contributed by atoms with E-state index in [4.69, 9.17) is 0 Å². The summed E-state index contributed by atoms with van der Waals surface area (Å²) in [6, 6.07) is 9.51. The molecular formula is C16H20N4O2. The number of carbonyl (C=O) groups is 1. The third kappa shape index (κ3) is 3.01. The van der Waals surface area contributed by atoms with E-state index in [9.17, 15) is 9.90 Å². The van der Waals surface area contributed by atoms with Crippen LogP contribution in [0.5, 0.6) is 0 Å². The van der Waals surface area contributed by atoms with E-state index >= 15 is 0 Å². The third-order valence-electron chi connectivity index (χ3n) is 4.21. The fraction of sp³-hybridized carbons (Fsp3) is 0.438. The van der Waals surface area contributed by atoms with Gasteiger partial charge in [-0.1, -0.05) is 18.2 Å². The van der Waals surface area contributed by atoms with Gasteiger partial charge in [-0.2, -0.15) is 9.90 Å². The zero-order valence-electron chi connectivity index (χ0n) is 12.6. The Kier molecular flexibility index (Phi) is 4.20. The van der Waals surface area contributed by atoms with Crippen LogP contribution in [0.1, 0.15) is 30.3 Å². The van der Waals surface area contributed by atoms with Crippen molar-refractivity contribution in [2.45, 2.75) is 25.9 Å². The van der Waals surface area contributed by atoms with Crippen LogP contribution >= 0.6 is 0 Å². The van der Waals surface area contributed by atoms with E-state index in [1.54, 1.807) is 4.90 Å². The van der Waals surface area contributed by atoms with Crippen LogP contribution in [0.15, 0.2) is 36.5 Å². The number of amides is 1. The largest absolute Gasteiger partial charge is 0.393 e. The van der Waals surface area contributed by atoms with Gasteiger partial charge in [0.1, 0.15) is 0 Å². The number of carbonyl (C=O) groups excluding carboxylic acids is 1. The monoisotopic (exact) mass is 300 g/mol. The molecule has 2 heterocycles. The molecule has 1 N–H and O–H groups in total. The maximum absolute atomic E-state index is 12.5. The van der Waals surface area contributed by atoms with Crippen molar-refractivity contribution in [3.05, 3.63) is 42.2 Å². The zero-order valence-corrected chi connectivity index (χ0v) is 12.6. The molecule has 1 saturated heterocycles. The maximum Gasteiger partial charge on any atom is 0.276 e. The number of rotatable bonds is 3. The number of para-hydroxylation sites is 1. The van der Waals surface area contributed by atoms with Crippen LogP contribution in [0.3, 0.4) is 0 Å². The number of benzene rings is 1. The summed E-state index contributed by atoms with van der Waals surface area (Å²) >= 11 is 0. The predicted octanol–water partition coefficient (Wildman–Crippen LogP) is 1.50. The van der Waals surface area contributed by atoms with Crippen molar-refractivity contribution in [3.8, 4) is 5.69 Å². The average molecular weight is 300 g/mol. The fourth-order valence-electron chi connectivity index (χ4n) is 2.79. The van der Waals surface area contributed by atoms with E-state index in [1.165, 1.54) is 11.0 Å². The lowest BCUT2D eigenvalue weighted by atomic mass is 9.92. The fourth-order valence-corrected chi connectivity index (χ4v) is 2.79. The second-order valence-electron chi connectivity index (χ2n) is 5.73. The van der Waals surface area contributed by atoms with Gasteiger partial charge in [0.15, 0.2) is 5.69 Å². The predicted molar refractivity (Wildman–Crippen MR) is 81.7 cm³/mol. The summed E-state index contributed by atoms with van der Waals surface area (Å²) in [5.41, 5.74) is 1.19. The van der Waals surface area contributed by atoms with Gasteiger partial charge < -0.3 is 10.0 Å². The van der Waals surface area contributed by atoms with Crippen molar-refractivity contribution >= 4 is 5.91 Å². The summed E-state index contributed by atoms with van der Waals surface area (Å²) in [6.45, 7) is 3.13. The normalized spacial score (nSPS) is 17.5. The number of hydrogen-bond acceptors (Lipinski definition) is 4. The molecule has 1 fully saturated rings. The Labute approximate surface area is 129 Å². The number of hydrogen-bond donors (Lipinski definition) is 1. The maximum atomic E-state index is 12.5. The zero-order chi connectivity index (χ0) is 15.5. The molecule has 6 heteroatoms. The number of likely N-dealkylation sites (tertiary alicyclic amines) is 1. The summed E-state index contributed by atoms with van der Waals surface area (Å²) in [5, 5.41) is 18.1. The molecule has 2 aromatic rings. The van der Waals surface area contributed by atoms with Crippen molar-refractivity contribution in [2.75, 3.05) is 13.1 Å². The minimum absolute atomic E-state index is 0.0915. The smallest absolute Gasteiger partial charge is 0.276 e. The Morgan fingerprint density at radius 1 is 1.27 bits per heavy atom. The molecular weight excluding hydrogens is 280 g/mol. The van der Waals surface area contributed by atoms with Crippen LogP contribution < -0.4 is 0 Å². The Balaban J connectivity index is 1.68. The van der Waals surface area contributed by atoms with Crippen molar-refractivity contribution in [3.63, 3.8) is 0 Å². The van der Waals surface area contributed by atoms with Gasteiger partial charge in [-0.25, -0.2) is 0 Å². The molecule has 1 aromatic heterocycles. The van der Waals surface area contributed by atoms with Gasteiger partial charge in [0, 0.05) is 13.1 Å². The molecule has 3 rings (SSSR count). The molecule has 1 atom stereocenters. The Bertz CT molecular complexity index is 631. The second kappa shape index (κ2) is 6.27. The van der Waals surface area contributed by atoms with Crippen molar-refractivity contribution in [2.24, 2.45) is 5.92 Å². The molecule has 0 spiro atoms. The molecule has 0 aliphatic carbocycles. The first kappa shape index (κ1) is 14.7. The van der Waals surface area contributed by atoms with Crippen LogP contribution in [-0.4, -0.2) is 50.1 Å². The van der Waals surface area contributed by atoms with E-state index in [1.807, 2.05) is 37.3 Å². The van der Waals surface area contributed by atoms with Crippen LogP contribution in [-0.2, 0) is 0 Å². The molecule has 1 aromatic carbocycles. The van der Waals surface area contributed by atoms with Crippen molar-refractivity contribution < 1.29 is 9.90 Å². The summed E-state index contributed by atoms with van der Waals surface area (Å²) in [7, 11) is 0. The van der Waals surface area contributed by atoms with Gasteiger partial charge in [0.25, 0.3) is 5.91 Å². The van der Waals surface area contributed by atoms with Gasteiger partial charge in [-0.05, 0) is 37.8 Å². The first-order valence-electron chi connectivity index (χ1n) is 7.60. The molecule has 0 saturated carbocycles. The second-order valence-corrected chi connectivity index (χ2v) is 5.73. The lowest BCUT2D eigenvalue weighted by Gasteiger charge is -2.32. The third-order valence-corrected chi connectivity index (χ3v) is 4.21. The van der Waals surface area contributed by atoms with Gasteiger partial charge in [0.2, 0.25) is 0 Å². The Morgan fingerprint density at radius 3 is 2.59 bits per heavy atom. The lowest BCUT2D eigenvalue weighted by molar-refractivity contribution is 0.0516. The molecule has 1 amide bonds. The summed E-state index contributed by atoms with van der Waals surface area (Å²) in [6.07, 6.45) is 2.86. The molecule has 0 bridgehead atoms. The molecule has 0 radical (unpaired) electrons. The van der Waals surface area contributed by atoms with Crippen molar-refractivity contribution in [1.82, 2.24) is 19.9 Å². The Morgan fingerprint density at radius 2 is 1.95 bits per heavy atom. The van der Waals surface area contributed by atoms with E-state index in [0.717, 1.165) is 18.5 Å². The van der Waals surface area contributed by atoms with Crippen LogP contribution in [0.2, 0.25) is 0 Å². The van der Waals surface area contributed by atoms with Crippen molar-refractivity contribution in [1.29, 1.82) is 0 Å². The number of aromatic nitrogens is 3. The summed E-state index contributed by atoms with van der Waals surface area (Å²) < 4.78 is 0. The van der Waals surface area contributed by atoms with E-state index < -0.39 is 0 Å². The number of piperidine rings is 1. The number of nitrogens with zero attached hydrogens (tertiary/aromatic N) is 4. The lowest BCUT2D eigenvalue weighted by Crippen LogP contribution is -2.40. The first-order chi connectivity index (χ1) is 10.6. The van der Waals surface area contributed by atoms with Crippen LogP contribution in [0, 0.1) is 5.92 Å². The standard InChI is InChI=1S/C16H20N4O2/c1-12(21)13-7-9-19(10-8-13)16(22)15-11-17-20(18-15)14-5-3-2-4-6-14/h2-6,11-13,21H,7-10H2,1H3.